The maximum atomic E-state index is 12.9. The summed E-state index contributed by atoms with van der Waals surface area (Å²) in [7, 11) is 0. The lowest BCUT2D eigenvalue weighted by Gasteiger charge is -2.09. The molecule has 0 bridgehead atoms. The van der Waals surface area contributed by atoms with E-state index in [9.17, 15) is 18.0 Å². The summed E-state index contributed by atoms with van der Waals surface area (Å²) in [4.78, 5) is 20.3. The van der Waals surface area contributed by atoms with Crippen LogP contribution in [0.25, 0.3) is 6.08 Å². The molecule has 1 aliphatic rings. The van der Waals surface area contributed by atoms with Gasteiger partial charge in [-0.3, -0.25) is 9.78 Å². The molecule has 25 heavy (non-hydrogen) atoms. The molecule has 1 fully saturated rings. The van der Waals surface area contributed by atoms with Crippen LogP contribution in [0.5, 0.6) is 0 Å². The van der Waals surface area contributed by atoms with Crippen LogP contribution in [-0.4, -0.2) is 16.1 Å². The first-order valence-corrected chi connectivity index (χ1v) is 8.09. The highest BCUT2D eigenvalue weighted by Crippen LogP contribution is 2.37. The van der Waals surface area contributed by atoms with E-state index >= 15 is 0 Å². The van der Waals surface area contributed by atoms with Gasteiger partial charge >= 0.3 is 6.18 Å². The molecule has 9 heteroatoms. The molecule has 1 aromatic carbocycles. The van der Waals surface area contributed by atoms with Crippen LogP contribution >= 0.6 is 23.4 Å². The highest BCUT2D eigenvalue weighted by atomic mass is 35.5. The summed E-state index contributed by atoms with van der Waals surface area (Å²) in [6.45, 7) is 0. The minimum atomic E-state index is -4.58. The third-order valence-corrected chi connectivity index (χ3v) is 4.36. The van der Waals surface area contributed by atoms with Crippen LogP contribution in [0, 0.1) is 0 Å². The molecule has 128 valence electrons. The monoisotopic (exact) mass is 383 g/mol. The molecule has 3 rings (SSSR count). The van der Waals surface area contributed by atoms with Gasteiger partial charge in [-0.25, -0.2) is 4.99 Å². The lowest BCUT2D eigenvalue weighted by atomic mass is 10.2. The Kier molecular flexibility index (Phi) is 4.82. The molecule has 1 amide bonds. The van der Waals surface area contributed by atoms with Gasteiger partial charge in [-0.15, -0.1) is 0 Å². The molecule has 0 aliphatic carbocycles. The Morgan fingerprint density at radius 1 is 1.28 bits per heavy atom. The summed E-state index contributed by atoms with van der Waals surface area (Å²) in [5, 5.41) is 2.30. The Bertz CT molecular complexity index is 882. The highest BCUT2D eigenvalue weighted by Gasteiger charge is 2.33. The predicted molar refractivity (Wildman–Crippen MR) is 91.5 cm³/mol. The number of thioether (sulfide) groups is 1. The topological polar surface area (TPSA) is 54.4 Å². The van der Waals surface area contributed by atoms with Gasteiger partial charge < -0.3 is 5.32 Å². The molecule has 0 saturated carbocycles. The number of amides is 1. The Labute approximate surface area is 149 Å². The van der Waals surface area contributed by atoms with Crippen molar-refractivity contribution in [2.75, 3.05) is 0 Å². The van der Waals surface area contributed by atoms with Crippen LogP contribution in [-0.2, 0) is 11.0 Å². The highest BCUT2D eigenvalue weighted by molar-refractivity contribution is 8.18. The number of carbonyl (C=O) groups excluding carboxylic acids is 1. The molecule has 1 saturated heterocycles. The number of hydrogen-bond donors (Lipinski definition) is 1. The van der Waals surface area contributed by atoms with E-state index in [1.807, 2.05) is 0 Å². The smallest absolute Gasteiger partial charge is 0.300 e. The van der Waals surface area contributed by atoms with Crippen molar-refractivity contribution in [3.63, 3.8) is 0 Å². The number of aliphatic imine (C=N–C) groups is 1. The van der Waals surface area contributed by atoms with E-state index in [2.05, 4.69) is 15.3 Å². The second-order valence-corrected chi connectivity index (χ2v) is 6.37. The van der Waals surface area contributed by atoms with Crippen molar-refractivity contribution in [1.82, 2.24) is 10.3 Å². The van der Waals surface area contributed by atoms with Crippen molar-refractivity contribution in [3.8, 4) is 0 Å². The van der Waals surface area contributed by atoms with Crippen LogP contribution in [0.2, 0.25) is 5.02 Å². The number of amidine groups is 1. The molecule has 1 aromatic heterocycles. The Morgan fingerprint density at radius 3 is 2.76 bits per heavy atom. The lowest BCUT2D eigenvalue weighted by Crippen LogP contribution is -2.19. The van der Waals surface area contributed by atoms with Gasteiger partial charge in [0.15, 0.2) is 5.17 Å². The molecule has 0 radical (unpaired) electrons. The molecule has 0 spiro atoms. The van der Waals surface area contributed by atoms with Gasteiger partial charge in [0.2, 0.25) is 0 Å². The summed E-state index contributed by atoms with van der Waals surface area (Å²) in [5.41, 5.74) is -0.203. The number of aromatic nitrogens is 1. The number of benzene rings is 1. The van der Waals surface area contributed by atoms with Crippen molar-refractivity contribution >= 4 is 46.2 Å². The molecular weight excluding hydrogens is 375 g/mol. The van der Waals surface area contributed by atoms with Gasteiger partial charge in [-0.1, -0.05) is 17.7 Å². The first-order chi connectivity index (χ1) is 11.8. The number of carbonyl (C=O) groups is 1. The fourth-order valence-corrected chi connectivity index (χ4v) is 3.08. The van der Waals surface area contributed by atoms with Crippen molar-refractivity contribution < 1.29 is 18.0 Å². The van der Waals surface area contributed by atoms with Crippen LogP contribution in [0.15, 0.2) is 52.6 Å². The van der Waals surface area contributed by atoms with Gasteiger partial charge in [0.25, 0.3) is 5.91 Å². The number of halogens is 4. The summed E-state index contributed by atoms with van der Waals surface area (Å²) in [5.74, 6) is -0.377. The average molecular weight is 384 g/mol. The SMILES string of the molecule is O=C1NC(=Nc2ccc(Cl)c(C(F)(F)F)c2)S/C1=C\c1cccnc1. The second-order valence-electron chi connectivity index (χ2n) is 4.93. The van der Waals surface area contributed by atoms with Crippen molar-refractivity contribution in [1.29, 1.82) is 0 Å². The molecular formula is C16H9ClF3N3OS. The van der Waals surface area contributed by atoms with Gasteiger partial charge in [0.05, 0.1) is 21.2 Å². The Morgan fingerprint density at radius 2 is 2.08 bits per heavy atom. The zero-order chi connectivity index (χ0) is 18.0. The van der Waals surface area contributed by atoms with E-state index < -0.39 is 16.8 Å². The van der Waals surface area contributed by atoms with Crippen LogP contribution < -0.4 is 5.32 Å². The Balaban J connectivity index is 1.87. The molecule has 1 aliphatic heterocycles. The molecule has 1 N–H and O–H groups in total. The normalized spacial score (nSPS) is 18.0. The van der Waals surface area contributed by atoms with E-state index in [0.29, 0.717) is 4.91 Å². The standard InChI is InChI=1S/C16H9ClF3N3OS/c17-12-4-3-10(7-11(12)16(18,19)20)22-15-23-14(24)13(25-15)6-9-2-1-5-21-8-9/h1-8H,(H,22,23,24)/b13-6-. The van der Waals surface area contributed by atoms with Gasteiger partial charge in [0.1, 0.15) is 0 Å². The minimum Gasteiger partial charge on any atom is -0.300 e. The number of alkyl halides is 3. The van der Waals surface area contributed by atoms with E-state index in [0.717, 1.165) is 29.5 Å². The van der Waals surface area contributed by atoms with Crippen molar-refractivity contribution in [2.45, 2.75) is 6.18 Å². The number of nitrogens with zero attached hydrogens (tertiary/aromatic N) is 2. The number of pyridine rings is 1. The summed E-state index contributed by atoms with van der Waals surface area (Å²) in [6.07, 6.45) is 0.240. The van der Waals surface area contributed by atoms with E-state index in [1.54, 1.807) is 30.6 Å². The maximum Gasteiger partial charge on any atom is 0.417 e. The number of nitrogens with one attached hydrogen (secondary N) is 1. The average Bonchev–Trinajstić information content (AvgIpc) is 2.88. The van der Waals surface area contributed by atoms with Gasteiger partial charge in [-0.05, 0) is 47.7 Å². The van der Waals surface area contributed by atoms with E-state index in [1.165, 1.54) is 6.07 Å². The molecule has 4 nitrogen and oxygen atoms in total. The molecule has 2 aromatic rings. The third kappa shape index (κ3) is 4.21. The number of hydrogen-bond acceptors (Lipinski definition) is 4. The molecule has 2 heterocycles. The van der Waals surface area contributed by atoms with Crippen LogP contribution in [0.3, 0.4) is 0 Å². The van der Waals surface area contributed by atoms with E-state index in [-0.39, 0.29) is 16.8 Å². The fraction of sp³-hybridized carbons (Fsp3) is 0.0625. The van der Waals surface area contributed by atoms with Gasteiger partial charge in [-0.2, -0.15) is 13.2 Å². The van der Waals surface area contributed by atoms with Crippen molar-refractivity contribution in [3.05, 3.63) is 63.8 Å². The van der Waals surface area contributed by atoms with Crippen LogP contribution in [0.4, 0.5) is 18.9 Å². The third-order valence-electron chi connectivity index (χ3n) is 3.12. The maximum absolute atomic E-state index is 12.9. The quantitative estimate of drug-likeness (QED) is 0.768. The summed E-state index contributed by atoms with van der Waals surface area (Å²) in [6, 6.07) is 6.81. The summed E-state index contributed by atoms with van der Waals surface area (Å²) >= 11 is 6.61. The minimum absolute atomic E-state index is 0.0437. The lowest BCUT2D eigenvalue weighted by molar-refractivity contribution is -0.137. The zero-order valence-electron chi connectivity index (χ0n) is 12.3. The molecule has 0 unspecified atom stereocenters. The van der Waals surface area contributed by atoms with Crippen LogP contribution in [0.1, 0.15) is 11.1 Å². The zero-order valence-corrected chi connectivity index (χ0v) is 13.9. The largest absolute Gasteiger partial charge is 0.417 e. The number of rotatable bonds is 2. The predicted octanol–water partition coefficient (Wildman–Crippen LogP) is 4.65. The van der Waals surface area contributed by atoms with E-state index in [4.69, 9.17) is 11.6 Å². The summed E-state index contributed by atoms with van der Waals surface area (Å²) < 4.78 is 38.7. The first-order valence-electron chi connectivity index (χ1n) is 6.89. The first kappa shape index (κ1) is 17.5. The van der Waals surface area contributed by atoms with Crippen molar-refractivity contribution in [2.24, 2.45) is 4.99 Å². The van der Waals surface area contributed by atoms with Gasteiger partial charge in [0, 0.05) is 12.4 Å². The second kappa shape index (κ2) is 6.89. The molecule has 0 atom stereocenters. The fourth-order valence-electron chi connectivity index (χ4n) is 2.01. The Hall–Kier alpha value is -2.32.